The first-order valence-electron chi connectivity index (χ1n) is 9.31. The number of aromatic nitrogens is 5. The molecule has 3 aromatic rings. The maximum atomic E-state index is 12.8. The summed E-state index contributed by atoms with van der Waals surface area (Å²) in [6.45, 7) is 0.404. The summed E-state index contributed by atoms with van der Waals surface area (Å²) in [6.07, 6.45) is 3.27. The van der Waals surface area contributed by atoms with E-state index in [0.717, 1.165) is 35.7 Å². The van der Waals surface area contributed by atoms with Crippen LogP contribution in [-0.4, -0.2) is 49.5 Å². The Kier molecular flexibility index (Phi) is 5.61. The van der Waals surface area contributed by atoms with Crippen molar-refractivity contribution in [2.24, 2.45) is 0 Å². The minimum atomic E-state index is 0.0567. The molecule has 2 atom stereocenters. The zero-order valence-corrected chi connectivity index (χ0v) is 16.4. The number of thiazole rings is 1. The van der Waals surface area contributed by atoms with E-state index < -0.39 is 0 Å². The summed E-state index contributed by atoms with van der Waals surface area (Å²) in [5.41, 5.74) is 0.780. The topological polar surface area (TPSA) is 96.9 Å². The van der Waals surface area contributed by atoms with Crippen LogP contribution in [0.15, 0.2) is 35.7 Å². The largest absolute Gasteiger partial charge is 0.486 e. The number of nitrogens with one attached hydrogen (secondary N) is 1. The summed E-state index contributed by atoms with van der Waals surface area (Å²) < 4.78 is 5.72. The second-order valence-electron chi connectivity index (χ2n) is 6.89. The van der Waals surface area contributed by atoms with Gasteiger partial charge in [-0.3, -0.25) is 4.79 Å². The van der Waals surface area contributed by atoms with Crippen molar-refractivity contribution in [3.05, 3.63) is 52.2 Å². The number of amides is 1. The van der Waals surface area contributed by atoms with Crippen LogP contribution in [-0.2, 0) is 17.8 Å². The predicted molar refractivity (Wildman–Crippen MR) is 104 cm³/mol. The number of likely N-dealkylation sites (N-methyl/N-ethyl adjacent to an activating group) is 1. The van der Waals surface area contributed by atoms with Gasteiger partial charge in [-0.05, 0) is 25.0 Å². The molecule has 1 amide bonds. The molecule has 0 bridgehead atoms. The SMILES string of the molecule is CN(C(=O)Cc1csc(COc2ccccc2)n1)C1CCCC1c1nn[nH]n1. The van der Waals surface area contributed by atoms with Crippen LogP contribution in [0.1, 0.15) is 41.7 Å². The molecule has 2 unspecified atom stereocenters. The van der Waals surface area contributed by atoms with Crippen molar-refractivity contribution in [2.45, 2.75) is 44.2 Å². The standard InChI is InChI=1S/C19H22N6O2S/c1-25(16-9-5-8-15(16)19-21-23-24-22-19)18(26)10-13-12-28-17(20-13)11-27-14-6-3-2-4-7-14/h2-4,6-7,12,15-16H,5,8-11H2,1H3,(H,21,22,23,24). The number of carbonyl (C=O) groups is 1. The van der Waals surface area contributed by atoms with Gasteiger partial charge in [-0.2, -0.15) is 5.21 Å². The lowest BCUT2D eigenvalue weighted by Gasteiger charge is -2.28. The van der Waals surface area contributed by atoms with Gasteiger partial charge < -0.3 is 9.64 Å². The number of ether oxygens (including phenoxy) is 1. The van der Waals surface area contributed by atoms with Gasteiger partial charge in [0.2, 0.25) is 5.91 Å². The second-order valence-corrected chi connectivity index (χ2v) is 7.83. The Morgan fingerprint density at radius 3 is 2.96 bits per heavy atom. The number of H-pyrrole nitrogens is 1. The second kappa shape index (κ2) is 8.47. The Bertz CT molecular complexity index is 898. The molecule has 1 aliphatic rings. The molecule has 0 saturated heterocycles. The van der Waals surface area contributed by atoms with Gasteiger partial charge in [0, 0.05) is 24.4 Å². The molecule has 1 aliphatic carbocycles. The van der Waals surface area contributed by atoms with Crippen LogP contribution >= 0.6 is 11.3 Å². The van der Waals surface area contributed by atoms with Crippen molar-refractivity contribution in [1.82, 2.24) is 30.5 Å². The number of rotatable bonds is 7. The number of nitrogens with zero attached hydrogens (tertiary/aromatic N) is 5. The highest BCUT2D eigenvalue weighted by Crippen LogP contribution is 2.35. The average molecular weight is 398 g/mol. The van der Waals surface area contributed by atoms with Crippen molar-refractivity contribution in [1.29, 1.82) is 0 Å². The van der Waals surface area contributed by atoms with Crippen LogP contribution in [0.25, 0.3) is 0 Å². The molecule has 0 spiro atoms. The Morgan fingerprint density at radius 1 is 1.32 bits per heavy atom. The number of aromatic amines is 1. The minimum Gasteiger partial charge on any atom is -0.486 e. The van der Waals surface area contributed by atoms with E-state index in [4.69, 9.17) is 4.74 Å². The first-order valence-corrected chi connectivity index (χ1v) is 10.2. The number of para-hydroxylation sites is 1. The highest BCUT2D eigenvalue weighted by Gasteiger charge is 2.36. The molecular formula is C19H22N6O2S. The van der Waals surface area contributed by atoms with E-state index in [1.54, 1.807) is 0 Å². The molecule has 2 aromatic heterocycles. The highest BCUT2D eigenvalue weighted by molar-refractivity contribution is 7.09. The monoisotopic (exact) mass is 398 g/mol. The van der Waals surface area contributed by atoms with Gasteiger partial charge in [0.05, 0.1) is 12.1 Å². The predicted octanol–water partition coefficient (Wildman–Crippen LogP) is 2.57. The molecule has 146 valence electrons. The van der Waals surface area contributed by atoms with E-state index in [2.05, 4.69) is 25.6 Å². The smallest absolute Gasteiger partial charge is 0.228 e. The van der Waals surface area contributed by atoms with Gasteiger partial charge in [-0.15, -0.1) is 21.5 Å². The van der Waals surface area contributed by atoms with Gasteiger partial charge in [0.1, 0.15) is 17.4 Å². The quantitative estimate of drug-likeness (QED) is 0.657. The number of hydrogen-bond donors (Lipinski definition) is 1. The van der Waals surface area contributed by atoms with Gasteiger partial charge in [0.15, 0.2) is 5.82 Å². The van der Waals surface area contributed by atoms with E-state index in [-0.39, 0.29) is 24.3 Å². The molecule has 0 radical (unpaired) electrons. The Labute approximate surface area is 166 Å². The number of tetrazole rings is 1. The first kappa shape index (κ1) is 18.5. The van der Waals surface area contributed by atoms with E-state index in [1.807, 2.05) is 47.7 Å². The minimum absolute atomic E-state index is 0.0567. The molecule has 1 fully saturated rings. The normalized spacial score (nSPS) is 18.9. The van der Waals surface area contributed by atoms with Crippen LogP contribution in [0.3, 0.4) is 0 Å². The van der Waals surface area contributed by atoms with Crippen LogP contribution in [0.4, 0.5) is 0 Å². The third kappa shape index (κ3) is 4.19. The summed E-state index contributed by atoms with van der Waals surface area (Å²) in [6, 6.07) is 9.74. The maximum absolute atomic E-state index is 12.8. The fourth-order valence-electron chi connectivity index (χ4n) is 3.65. The summed E-state index contributed by atoms with van der Waals surface area (Å²) in [7, 11) is 1.86. The van der Waals surface area contributed by atoms with Crippen LogP contribution < -0.4 is 4.74 Å². The summed E-state index contributed by atoms with van der Waals surface area (Å²) in [5.74, 6) is 1.69. The fraction of sp³-hybridized carbons (Fsp3) is 0.421. The van der Waals surface area contributed by atoms with Crippen molar-refractivity contribution in [2.75, 3.05) is 7.05 Å². The Balaban J connectivity index is 1.34. The summed E-state index contributed by atoms with van der Waals surface area (Å²) >= 11 is 1.51. The lowest BCUT2D eigenvalue weighted by molar-refractivity contribution is -0.131. The number of benzene rings is 1. The van der Waals surface area contributed by atoms with E-state index in [1.165, 1.54) is 11.3 Å². The molecule has 1 N–H and O–H groups in total. The number of carbonyl (C=O) groups excluding carboxylic acids is 1. The number of hydrogen-bond acceptors (Lipinski definition) is 7. The van der Waals surface area contributed by atoms with E-state index in [9.17, 15) is 4.79 Å². The van der Waals surface area contributed by atoms with Crippen molar-refractivity contribution < 1.29 is 9.53 Å². The van der Waals surface area contributed by atoms with Crippen LogP contribution in [0, 0.1) is 0 Å². The molecule has 1 aromatic carbocycles. The molecule has 8 nitrogen and oxygen atoms in total. The first-order chi connectivity index (χ1) is 13.7. The summed E-state index contributed by atoms with van der Waals surface area (Å²) in [5, 5.41) is 17.2. The average Bonchev–Trinajstić information content (AvgIpc) is 3.47. The van der Waals surface area contributed by atoms with Crippen LogP contribution in [0.5, 0.6) is 5.75 Å². The molecule has 0 aliphatic heterocycles. The van der Waals surface area contributed by atoms with E-state index >= 15 is 0 Å². The highest BCUT2D eigenvalue weighted by atomic mass is 32.1. The lowest BCUT2D eigenvalue weighted by Crippen LogP contribution is -2.39. The zero-order chi connectivity index (χ0) is 19.3. The molecule has 4 rings (SSSR count). The van der Waals surface area contributed by atoms with Gasteiger partial charge in [0.25, 0.3) is 0 Å². The van der Waals surface area contributed by atoms with Gasteiger partial charge >= 0.3 is 0 Å². The zero-order valence-electron chi connectivity index (χ0n) is 15.6. The van der Waals surface area contributed by atoms with Gasteiger partial charge in [-0.1, -0.05) is 29.8 Å². The fourth-order valence-corrected chi connectivity index (χ4v) is 4.36. The van der Waals surface area contributed by atoms with Crippen molar-refractivity contribution >= 4 is 17.2 Å². The third-order valence-electron chi connectivity index (χ3n) is 5.10. The third-order valence-corrected chi connectivity index (χ3v) is 5.97. The lowest BCUT2D eigenvalue weighted by atomic mass is 10.0. The molecule has 9 heteroatoms. The molecule has 1 saturated carbocycles. The molecule has 28 heavy (non-hydrogen) atoms. The van der Waals surface area contributed by atoms with E-state index in [0.29, 0.717) is 12.4 Å². The summed E-state index contributed by atoms with van der Waals surface area (Å²) in [4.78, 5) is 19.2. The molecule has 2 heterocycles. The van der Waals surface area contributed by atoms with Crippen LogP contribution in [0.2, 0.25) is 0 Å². The molecular weight excluding hydrogens is 376 g/mol. The Morgan fingerprint density at radius 2 is 2.18 bits per heavy atom. The Hall–Kier alpha value is -2.81. The van der Waals surface area contributed by atoms with Crippen molar-refractivity contribution in [3.8, 4) is 5.75 Å². The maximum Gasteiger partial charge on any atom is 0.228 e. The van der Waals surface area contributed by atoms with Crippen molar-refractivity contribution in [3.63, 3.8) is 0 Å². The van der Waals surface area contributed by atoms with Gasteiger partial charge in [-0.25, -0.2) is 4.98 Å².